The predicted molar refractivity (Wildman–Crippen MR) is 51.9 cm³/mol. The molecule has 1 atom stereocenters. The Hall–Kier alpha value is -0.770. The molecule has 0 radical (unpaired) electrons. The molecule has 0 bridgehead atoms. The minimum absolute atomic E-state index is 0.0352. The van der Waals surface area contributed by atoms with E-state index in [1.54, 1.807) is 13.0 Å². The zero-order valence-corrected chi connectivity index (χ0v) is 8.04. The van der Waals surface area contributed by atoms with E-state index >= 15 is 0 Å². The van der Waals surface area contributed by atoms with Crippen LogP contribution in [0.4, 0.5) is 0 Å². The molecule has 0 spiro atoms. The number of nitrogens with two attached hydrogens (primary N) is 1. The van der Waals surface area contributed by atoms with E-state index in [4.69, 9.17) is 22.4 Å². The third-order valence-electron chi connectivity index (χ3n) is 1.93. The smallest absolute Gasteiger partial charge is 0.134 e. The maximum absolute atomic E-state index is 9.24. The summed E-state index contributed by atoms with van der Waals surface area (Å²) in [6, 6.07) is 2.67. The lowest BCUT2D eigenvalue weighted by molar-refractivity contribution is 0.267. The van der Waals surface area contributed by atoms with Crippen LogP contribution in [0.5, 0.6) is 5.75 Å². The summed E-state index contributed by atoms with van der Waals surface area (Å²) in [5.74, 6) is 0.0352. The van der Waals surface area contributed by atoms with Crippen LogP contribution in [0.25, 0.3) is 0 Å². The Morgan fingerprint density at radius 3 is 2.69 bits per heavy atom. The number of hydrogen-bond acceptors (Lipinski definition) is 3. The van der Waals surface area contributed by atoms with Crippen molar-refractivity contribution in [3.05, 3.63) is 28.3 Å². The Balaban J connectivity index is 3.15. The van der Waals surface area contributed by atoms with Gasteiger partial charge in [-0.3, -0.25) is 0 Å². The summed E-state index contributed by atoms with van der Waals surface area (Å²) < 4.78 is 0. The van der Waals surface area contributed by atoms with Gasteiger partial charge >= 0.3 is 0 Å². The summed E-state index contributed by atoms with van der Waals surface area (Å²) >= 11 is 5.70. The molecule has 0 aliphatic heterocycles. The maximum Gasteiger partial charge on any atom is 0.134 e. The van der Waals surface area contributed by atoms with Crippen molar-refractivity contribution in [2.75, 3.05) is 6.61 Å². The third-order valence-corrected chi connectivity index (χ3v) is 2.23. The van der Waals surface area contributed by atoms with Crippen LogP contribution in [-0.4, -0.2) is 16.8 Å². The van der Waals surface area contributed by atoms with Crippen molar-refractivity contribution in [1.29, 1.82) is 0 Å². The number of aromatic hydroxyl groups is 1. The fourth-order valence-corrected chi connectivity index (χ4v) is 1.35. The fraction of sp³-hybridized carbons (Fsp3) is 0.333. The molecule has 0 aliphatic carbocycles. The number of hydrogen-bond donors (Lipinski definition) is 3. The molecule has 1 rings (SSSR count). The van der Waals surface area contributed by atoms with Gasteiger partial charge < -0.3 is 15.9 Å². The predicted octanol–water partition coefficient (Wildman–Crippen LogP) is 1.35. The molecule has 4 N–H and O–H groups in total. The first-order valence-electron chi connectivity index (χ1n) is 3.91. The van der Waals surface area contributed by atoms with Crippen molar-refractivity contribution in [3.8, 4) is 5.75 Å². The van der Waals surface area contributed by atoms with E-state index in [9.17, 15) is 5.11 Å². The van der Waals surface area contributed by atoms with E-state index in [1.165, 1.54) is 6.07 Å². The largest absolute Gasteiger partial charge is 0.506 e. The molecule has 1 aromatic rings. The van der Waals surface area contributed by atoms with E-state index < -0.39 is 6.04 Å². The number of aryl methyl sites for hydroxylation is 1. The summed E-state index contributed by atoms with van der Waals surface area (Å²) in [5, 5.41) is 18.3. The number of aliphatic hydroxyl groups is 1. The molecule has 3 nitrogen and oxygen atoms in total. The molecule has 0 saturated carbocycles. The van der Waals surface area contributed by atoms with Crippen LogP contribution in [0, 0.1) is 6.92 Å². The highest BCUT2D eigenvalue weighted by Gasteiger charge is 2.10. The van der Waals surface area contributed by atoms with Gasteiger partial charge in [0, 0.05) is 0 Å². The number of halogens is 1. The summed E-state index contributed by atoms with van der Waals surface area (Å²) in [6.45, 7) is 1.67. The number of aliphatic hydroxyl groups excluding tert-OH is 1. The zero-order valence-electron chi connectivity index (χ0n) is 7.29. The van der Waals surface area contributed by atoms with Crippen molar-refractivity contribution < 1.29 is 10.2 Å². The standard InChI is InChI=1S/C9H12ClNO2/c1-5-2-9(13)7(10)3-6(5)8(11)4-12/h2-3,8,12-13H,4,11H2,1H3. The minimum Gasteiger partial charge on any atom is -0.506 e. The monoisotopic (exact) mass is 201 g/mol. The van der Waals surface area contributed by atoms with Gasteiger partial charge in [-0.05, 0) is 30.2 Å². The van der Waals surface area contributed by atoms with Gasteiger partial charge in [0.05, 0.1) is 17.7 Å². The van der Waals surface area contributed by atoms with Crippen LogP contribution in [0.2, 0.25) is 5.02 Å². The Morgan fingerprint density at radius 2 is 2.15 bits per heavy atom. The van der Waals surface area contributed by atoms with Crippen LogP contribution in [0.15, 0.2) is 12.1 Å². The molecular weight excluding hydrogens is 190 g/mol. The van der Waals surface area contributed by atoms with Crippen LogP contribution in [0.1, 0.15) is 17.2 Å². The highest BCUT2D eigenvalue weighted by Crippen LogP contribution is 2.28. The summed E-state index contributed by atoms with van der Waals surface area (Å²) in [4.78, 5) is 0. The summed E-state index contributed by atoms with van der Waals surface area (Å²) in [7, 11) is 0. The maximum atomic E-state index is 9.24. The molecule has 4 heteroatoms. The molecule has 0 fully saturated rings. The quantitative estimate of drug-likeness (QED) is 0.677. The van der Waals surface area contributed by atoms with Gasteiger partial charge in [0.1, 0.15) is 5.75 Å². The number of benzene rings is 1. The molecule has 0 amide bonds. The molecule has 0 heterocycles. The van der Waals surface area contributed by atoms with Crippen molar-refractivity contribution >= 4 is 11.6 Å². The molecule has 1 aromatic carbocycles. The SMILES string of the molecule is Cc1cc(O)c(Cl)cc1C(N)CO. The van der Waals surface area contributed by atoms with Gasteiger partial charge in [0.25, 0.3) is 0 Å². The first-order valence-corrected chi connectivity index (χ1v) is 4.29. The van der Waals surface area contributed by atoms with Gasteiger partial charge in [-0.15, -0.1) is 0 Å². The van der Waals surface area contributed by atoms with E-state index in [-0.39, 0.29) is 17.4 Å². The molecule has 72 valence electrons. The zero-order chi connectivity index (χ0) is 10.0. The van der Waals surface area contributed by atoms with Crippen LogP contribution < -0.4 is 5.73 Å². The van der Waals surface area contributed by atoms with Crippen molar-refractivity contribution in [3.63, 3.8) is 0 Å². The van der Waals surface area contributed by atoms with Crippen molar-refractivity contribution in [2.45, 2.75) is 13.0 Å². The van der Waals surface area contributed by atoms with Crippen LogP contribution in [0.3, 0.4) is 0 Å². The molecule has 0 aromatic heterocycles. The van der Waals surface area contributed by atoms with E-state index in [1.807, 2.05) is 0 Å². The second-order valence-electron chi connectivity index (χ2n) is 2.95. The second kappa shape index (κ2) is 3.96. The number of phenols is 1. The average molecular weight is 202 g/mol. The summed E-state index contributed by atoms with van der Waals surface area (Å²) in [5.41, 5.74) is 7.20. The molecule has 13 heavy (non-hydrogen) atoms. The third kappa shape index (κ3) is 2.12. The lowest BCUT2D eigenvalue weighted by Gasteiger charge is -2.12. The first-order chi connectivity index (χ1) is 6.06. The van der Waals surface area contributed by atoms with Gasteiger partial charge in [0.2, 0.25) is 0 Å². The van der Waals surface area contributed by atoms with Crippen molar-refractivity contribution in [2.24, 2.45) is 5.73 Å². The normalized spacial score (nSPS) is 12.9. The number of phenolic OH excluding ortho intramolecular Hbond substituents is 1. The fourth-order valence-electron chi connectivity index (χ4n) is 1.18. The lowest BCUT2D eigenvalue weighted by Crippen LogP contribution is -2.15. The van der Waals surface area contributed by atoms with Gasteiger partial charge in [-0.25, -0.2) is 0 Å². The molecule has 1 unspecified atom stereocenters. The van der Waals surface area contributed by atoms with E-state index in [2.05, 4.69) is 0 Å². The Morgan fingerprint density at radius 1 is 1.54 bits per heavy atom. The number of rotatable bonds is 2. The van der Waals surface area contributed by atoms with E-state index in [0.717, 1.165) is 11.1 Å². The van der Waals surface area contributed by atoms with Crippen LogP contribution in [-0.2, 0) is 0 Å². The van der Waals surface area contributed by atoms with Gasteiger partial charge in [0.15, 0.2) is 0 Å². The highest BCUT2D eigenvalue weighted by molar-refractivity contribution is 6.32. The Labute approximate surface area is 81.8 Å². The molecule has 0 aliphatic rings. The molecule has 0 saturated heterocycles. The molecular formula is C9H12ClNO2. The highest BCUT2D eigenvalue weighted by atomic mass is 35.5. The Kier molecular flexibility index (Phi) is 3.14. The summed E-state index contributed by atoms with van der Waals surface area (Å²) in [6.07, 6.45) is 0. The average Bonchev–Trinajstić information content (AvgIpc) is 2.10. The van der Waals surface area contributed by atoms with Gasteiger partial charge in [-0.2, -0.15) is 0 Å². The Bertz CT molecular complexity index is 315. The van der Waals surface area contributed by atoms with E-state index in [0.29, 0.717) is 0 Å². The lowest BCUT2D eigenvalue weighted by atomic mass is 10.0. The van der Waals surface area contributed by atoms with Gasteiger partial charge in [-0.1, -0.05) is 11.6 Å². The minimum atomic E-state index is -0.446. The topological polar surface area (TPSA) is 66.5 Å². The van der Waals surface area contributed by atoms with Crippen molar-refractivity contribution in [1.82, 2.24) is 0 Å². The van der Waals surface area contributed by atoms with Crippen LogP contribution >= 0.6 is 11.6 Å². The first kappa shape index (κ1) is 10.3. The second-order valence-corrected chi connectivity index (χ2v) is 3.36.